The number of carbonyl (C=O) groups excluding carboxylic acids is 2. The first kappa shape index (κ1) is 20.2. The van der Waals surface area contributed by atoms with Gasteiger partial charge >= 0.3 is 0 Å². The molecule has 0 atom stereocenters. The number of fused-ring (bicyclic) bond motifs is 1. The molecule has 5 rings (SSSR count). The number of nitrogens with zero attached hydrogens (tertiary/aromatic N) is 3. The average molecular weight is 461 g/mol. The van der Waals surface area contributed by atoms with Gasteiger partial charge in [0.05, 0.1) is 23.1 Å². The van der Waals surface area contributed by atoms with Gasteiger partial charge in [0.25, 0.3) is 5.91 Å². The molecule has 0 bridgehead atoms. The number of para-hydroxylation sites is 2. The Kier molecular flexibility index (Phi) is 5.12. The van der Waals surface area contributed by atoms with Crippen LogP contribution >= 0.6 is 24.0 Å². The van der Waals surface area contributed by atoms with Crippen molar-refractivity contribution in [3.05, 3.63) is 77.3 Å². The minimum atomic E-state index is -1.37. The van der Waals surface area contributed by atoms with Gasteiger partial charge in [-0.05, 0) is 30.3 Å². The molecule has 1 fully saturated rings. The van der Waals surface area contributed by atoms with Gasteiger partial charge < -0.3 is 14.3 Å². The quantitative estimate of drug-likeness (QED) is 0.334. The van der Waals surface area contributed by atoms with Crippen LogP contribution in [0.2, 0.25) is 0 Å². The van der Waals surface area contributed by atoms with Gasteiger partial charge in [0, 0.05) is 17.1 Å². The third-order valence-corrected chi connectivity index (χ3v) is 6.25. The number of thiocarbonyl (C=S) groups is 1. The van der Waals surface area contributed by atoms with Crippen LogP contribution in [0, 0.1) is 0 Å². The largest absolute Gasteiger partial charge is 0.548 e. The van der Waals surface area contributed by atoms with E-state index in [1.807, 2.05) is 60.7 Å². The fraction of sp³-hybridized carbons (Fsp3) is 0.0435. The second-order valence-electron chi connectivity index (χ2n) is 7.00. The van der Waals surface area contributed by atoms with E-state index in [9.17, 15) is 14.7 Å². The zero-order valence-electron chi connectivity index (χ0n) is 16.4. The van der Waals surface area contributed by atoms with E-state index in [4.69, 9.17) is 21.7 Å². The van der Waals surface area contributed by atoms with Crippen LogP contribution in [0.3, 0.4) is 0 Å². The number of aliphatic carboxylic acids is 1. The number of amides is 1. The van der Waals surface area contributed by atoms with Crippen molar-refractivity contribution < 1.29 is 19.1 Å². The zero-order chi connectivity index (χ0) is 22.2. The summed E-state index contributed by atoms with van der Waals surface area (Å²) in [7, 11) is 0. The summed E-state index contributed by atoms with van der Waals surface area (Å²) in [4.78, 5) is 25.0. The Morgan fingerprint density at radius 3 is 2.66 bits per heavy atom. The zero-order valence-corrected chi connectivity index (χ0v) is 18.1. The lowest BCUT2D eigenvalue weighted by molar-refractivity contribution is -0.305. The lowest BCUT2D eigenvalue weighted by Crippen LogP contribution is -2.40. The summed E-state index contributed by atoms with van der Waals surface area (Å²) in [5.41, 5.74) is 2.76. The smallest absolute Gasteiger partial charge is 0.266 e. The number of carboxylic acids is 1. The van der Waals surface area contributed by atoms with Crippen LogP contribution in [0.4, 0.5) is 0 Å². The van der Waals surface area contributed by atoms with Crippen molar-refractivity contribution in [1.82, 2.24) is 14.7 Å². The Bertz CT molecular complexity index is 1370. The number of rotatable bonds is 5. The fourth-order valence-corrected chi connectivity index (χ4v) is 4.65. The van der Waals surface area contributed by atoms with Crippen molar-refractivity contribution in [3.8, 4) is 17.1 Å². The van der Waals surface area contributed by atoms with E-state index in [0.717, 1.165) is 33.3 Å². The van der Waals surface area contributed by atoms with E-state index < -0.39 is 18.4 Å². The van der Waals surface area contributed by atoms with Gasteiger partial charge in [-0.3, -0.25) is 9.69 Å². The molecule has 32 heavy (non-hydrogen) atoms. The van der Waals surface area contributed by atoms with Crippen molar-refractivity contribution >= 4 is 57.2 Å². The number of aromatic nitrogens is 2. The minimum absolute atomic E-state index is 0.172. The van der Waals surface area contributed by atoms with E-state index in [-0.39, 0.29) is 4.32 Å². The maximum Gasteiger partial charge on any atom is 0.266 e. The molecule has 0 unspecified atom stereocenters. The van der Waals surface area contributed by atoms with Crippen LogP contribution in [-0.2, 0) is 9.59 Å². The van der Waals surface area contributed by atoms with Gasteiger partial charge in [-0.25, -0.2) is 4.68 Å². The summed E-state index contributed by atoms with van der Waals surface area (Å²) in [5.74, 6) is -1.30. The molecule has 0 saturated carbocycles. The number of carboxylic acid groups (broad SMARTS) is 1. The van der Waals surface area contributed by atoms with Gasteiger partial charge in [-0.15, -0.1) is 0 Å². The molecular weight excluding hydrogens is 446 g/mol. The monoisotopic (exact) mass is 460 g/mol. The Morgan fingerprint density at radius 2 is 1.91 bits per heavy atom. The molecule has 1 amide bonds. The van der Waals surface area contributed by atoms with E-state index in [2.05, 4.69) is 0 Å². The Hall–Kier alpha value is -3.69. The first-order valence-corrected chi connectivity index (χ1v) is 10.8. The molecule has 9 heteroatoms. The highest BCUT2D eigenvalue weighted by atomic mass is 32.2. The van der Waals surface area contributed by atoms with Crippen LogP contribution < -0.4 is 5.11 Å². The van der Waals surface area contributed by atoms with Gasteiger partial charge in [0.1, 0.15) is 15.6 Å². The predicted octanol–water partition coefficient (Wildman–Crippen LogP) is 3.24. The van der Waals surface area contributed by atoms with Crippen LogP contribution in [0.25, 0.3) is 34.2 Å². The molecule has 0 aliphatic carbocycles. The lowest BCUT2D eigenvalue weighted by Gasteiger charge is -2.14. The predicted molar refractivity (Wildman–Crippen MR) is 124 cm³/mol. The van der Waals surface area contributed by atoms with Crippen LogP contribution in [-0.4, -0.2) is 37.4 Å². The summed E-state index contributed by atoms with van der Waals surface area (Å²) >= 11 is 6.22. The fourth-order valence-electron chi connectivity index (χ4n) is 3.40. The highest BCUT2D eigenvalue weighted by Gasteiger charge is 2.32. The van der Waals surface area contributed by atoms with Crippen molar-refractivity contribution in [2.24, 2.45) is 0 Å². The van der Waals surface area contributed by atoms with Crippen LogP contribution in [0.1, 0.15) is 5.56 Å². The number of furan rings is 1. The van der Waals surface area contributed by atoms with Gasteiger partial charge in [0.15, 0.2) is 5.76 Å². The SMILES string of the molecule is O=C([O-])CN1C(=O)/C(=C/c2cn(-c3ccccc3)nc2-c2cc3ccccc3o2)SC1=S. The summed E-state index contributed by atoms with van der Waals surface area (Å²) in [6.45, 7) is -0.582. The van der Waals surface area contributed by atoms with Crippen LogP contribution in [0.5, 0.6) is 0 Å². The Balaban J connectivity index is 1.62. The highest BCUT2D eigenvalue weighted by molar-refractivity contribution is 8.26. The van der Waals surface area contributed by atoms with E-state index in [1.165, 1.54) is 0 Å². The van der Waals surface area contributed by atoms with E-state index in [1.54, 1.807) is 17.0 Å². The number of carbonyl (C=O) groups is 2. The molecule has 2 aromatic carbocycles. The van der Waals surface area contributed by atoms with Gasteiger partial charge in [-0.2, -0.15) is 5.10 Å². The summed E-state index contributed by atoms with van der Waals surface area (Å²) in [6, 6.07) is 19.1. The third-order valence-electron chi connectivity index (χ3n) is 4.87. The van der Waals surface area contributed by atoms with Crippen molar-refractivity contribution in [3.63, 3.8) is 0 Å². The van der Waals surface area contributed by atoms with Gasteiger partial charge in [-0.1, -0.05) is 60.4 Å². The standard InChI is InChI=1S/C23H15N3O4S2/c27-20(28)13-25-22(29)19(32-23(25)31)11-15-12-26(16-7-2-1-3-8-16)24-21(15)18-10-14-6-4-5-9-17(14)30-18/h1-12H,13H2,(H,27,28)/p-1/b19-11-. The molecule has 2 aromatic heterocycles. The van der Waals surface area contributed by atoms with E-state index >= 15 is 0 Å². The average Bonchev–Trinajstić information content (AvgIpc) is 3.46. The molecule has 158 valence electrons. The third kappa shape index (κ3) is 3.72. The maximum atomic E-state index is 12.7. The second-order valence-corrected chi connectivity index (χ2v) is 8.68. The number of hydrogen-bond acceptors (Lipinski definition) is 7. The summed E-state index contributed by atoms with van der Waals surface area (Å²) in [6.07, 6.45) is 3.45. The molecule has 7 nitrogen and oxygen atoms in total. The normalized spacial score (nSPS) is 15.2. The van der Waals surface area contributed by atoms with E-state index in [0.29, 0.717) is 21.9 Å². The molecule has 0 spiro atoms. The molecule has 3 heterocycles. The number of thioether (sulfide) groups is 1. The topological polar surface area (TPSA) is 91.4 Å². The molecule has 1 aliphatic rings. The molecule has 1 aliphatic heterocycles. The number of hydrogen-bond donors (Lipinski definition) is 0. The van der Waals surface area contributed by atoms with Gasteiger partial charge in [0.2, 0.25) is 0 Å². The first-order valence-electron chi connectivity index (χ1n) is 9.59. The Morgan fingerprint density at radius 1 is 1.16 bits per heavy atom. The Labute approximate surface area is 191 Å². The van der Waals surface area contributed by atoms with Crippen molar-refractivity contribution in [2.45, 2.75) is 0 Å². The van der Waals surface area contributed by atoms with Crippen LogP contribution in [0.15, 0.2) is 76.2 Å². The van der Waals surface area contributed by atoms with Crippen molar-refractivity contribution in [2.75, 3.05) is 6.54 Å². The highest BCUT2D eigenvalue weighted by Crippen LogP contribution is 2.36. The lowest BCUT2D eigenvalue weighted by atomic mass is 10.1. The number of benzene rings is 2. The van der Waals surface area contributed by atoms with Crippen molar-refractivity contribution in [1.29, 1.82) is 0 Å². The second kappa shape index (κ2) is 8.10. The minimum Gasteiger partial charge on any atom is -0.548 e. The first-order chi connectivity index (χ1) is 15.5. The maximum absolute atomic E-state index is 12.7. The molecular formula is C23H14N3O4S2-. The summed E-state index contributed by atoms with van der Waals surface area (Å²) < 4.78 is 7.89. The molecule has 1 saturated heterocycles. The molecule has 4 aromatic rings. The molecule has 0 N–H and O–H groups in total. The summed E-state index contributed by atoms with van der Waals surface area (Å²) in [5, 5.41) is 16.6. The molecule has 0 radical (unpaired) electrons.